The summed E-state index contributed by atoms with van der Waals surface area (Å²) in [6, 6.07) is 3.17. The molecule has 79 valence electrons. The summed E-state index contributed by atoms with van der Waals surface area (Å²) >= 11 is 17.6. The number of rotatable bonds is 4. The van der Waals surface area contributed by atoms with Gasteiger partial charge < -0.3 is 4.74 Å². The van der Waals surface area contributed by atoms with Crippen LogP contribution in [-0.2, 0) is 9.53 Å². The molecule has 0 unspecified atom stereocenters. The van der Waals surface area contributed by atoms with Gasteiger partial charge >= 0.3 is 6.47 Å². The molecule has 1 aromatic carbocycles. The van der Waals surface area contributed by atoms with E-state index >= 15 is 0 Å². The highest BCUT2D eigenvalue weighted by atomic mass is 35.5. The molecule has 0 saturated heterocycles. The van der Waals surface area contributed by atoms with Gasteiger partial charge in [-0.05, 0) is 18.2 Å². The van der Waals surface area contributed by atoms with Crippen LogP contribution in [0.4, 0.5) is 0 Å². The van der Waals surface area contributed by atoms with Crippen molar-refractivity contribution in [3.05, 3.63) is 38.8 Å². The Kier molecular flexibility index (Phi) is 4.95. The minimum atomic E-state index is 0.124. The summed E-state index contributed by atoms with van der Waals surface area (Å²) in [4.78, 5) is 9.74. The van der Waals surface area contributed by atoms with Gasteiger partial charge in [-0.1, -0.05) is 40.9 Å². The molecule has 0 fully saturated rings. The summed E-state index contributed by atoms with van der Waals surface area (Å²) in [6.45, 7) is 1.43. The Bertz CT molecular complexity index is 365. The zero-order valence-corrected chi connectivity index (χ0v) is 9.73. The number of benzene rings is 1. The second-order valence-electron chi connectivity index (χ2n) is 2.58. The van der Waals surface area contributed by atoms with Gasteiger partial charge in [-0.2, -0.15) is 0 Å². The van der Waals surface area contributed by atoms with Crippen LogP contribution >= 0.6 is 34.8 Å². The van der Waals surface area contributed by atoms with E-state index in [9.17, 15) is 4.79 Å². The first kappa shape index (κ1) is 12.4. The fraction of sp³-hybridized carbons (Fsp3) is 0.100. The van der Waals surface area contributed by atoms with E-state index in [2.05, 4.69) is 4.74 Å². The van der Waals surface area contributed by atoms with Crippen molar-refractivity contribution in [2.24, 2.45) is 0 Å². The smallest absolute Gasteiger partial charge is 0.417 e. The lowest BCUT2D eigenvalue weighted by Gasteiger charge is -2.02. The van der Waals surface area contributed by atoms with E-state index in [0.29, 0.717) is 20.6 Å². The van der Waals surface area contributed by atoms with Crippen molar-refractivity contribution in [1.82, 2.24) is 0 Å². The molecule has 15 heavy (non-hydrogen) atoms. The summed E-state index contributed by atoms with van der Waals surface area (Å²) in [6.07, 6.45) is 3.25. The molecule has 0 heterocycles. The summed E-state index contributed by atoms with van der Waals surface area (Å²) in [5, 5.41) is 1.36. The molecule has 0 aliphatic heterocycles. The van der Waals surface area contributed by atoms with Crippen molar-refractivity contribution >= 4 is 47.4 Å². The van der Waals surface area contributed by atoms with Crippen molar-refractivity contribution in [2.75, 3.05) is 6.61 Å². The Hall–Kier alpha value is -0.700. The van der Waals surface area contributed by atoms with Gasteiger partial charge in [-0.25, -0.2) is 4.79 Å². The van der Waals surface area contributed by atoms with Gasteiger partial charge in [-0.3, -0.25) is 0 Å². The van der Waals surface area contributed by atoms with Crippen LogP contribution in [0.5, 0.6) is 0 Å². The molecule has 1 radical (unpaired) electrons. The topological polar surface area (TPSA) is 26.3 Å². The molecule has 0 saturated carbocycles. The molecule has 0 atom stereocenters. The van der Waals surface area contributed by atoms with Crippen molar-refractivity contribution in [2.45, 2.75) is 0 Å². The number of hydrogen-bond donors (Lipinski definition) is 0. The van der Waals surface area contributed by atoms with E-state index in [1.54, 1.807) is 24.3 Å². The number of carbonyl (C=O) groups excluding carboxylic acids is 1. The third kappa shape index (κ3) is 3.74. The van der Waals surface area contributed by atoms with E-state index in [1.165, 1.54) is 6.47 Å². The molecular weight excluding hydrogens is 258 g/mol. The zero-order chi connectivity index (χ0) is 11.3. The van der Waals surface area contributed by atoms with Crippen molar-refractivity contribution in [3.8, 4) is 0 Å². The summed E-state index contributed by atoms with van der Waals surface area (Å²) in [5.41, 5.74) is 0.636. The SMILES string of the molecule is O=[C]OC/C=C/c1c(Cl)cc(Cl)cc1Cl. The largest absolute Gasteiger partial charge is 0.453 e. The predicted octanol–water partition coefficient (Wildman–Crippen LogP) is 3.74. The van der Waals surface area contributed by atoms with Crippen LogP contribution in [0.1, 0.15) is 5.56 Å². The normalized spacial score (nSPS) is 10.6. The molecule has 1 aromatic rings. The van der Waals surface area contributed by atoms with Crippen LogP contribution in [0.3, 0.4) is 0 Å². The van der Waals surface area contributed by atoms with Gasteiger partial charge in [0.05, 0.1) is 10.0 Å². The van der Waals surface area contributed by atoms with Crippen LogP contribution in [0.25, 0.3) is 6.08 Å². The Morgan fingerprint density at radius 2 is 1.87 bits per heavy atom. The van der Waals surface area contributed by atoms with Gasteiger partial charge in [0.15, 0.2) is 0 Å². The minimum absolute atomic E-state index is 0.124. The molecule has 2 nitrogen and oxygen atoms in total. The highest BCUT2D eigenvalue weighted by Crippen LogP contribution is 2.29. The fourth-order valence-corrected chi connectivity index (χ4v) is 1.90. The monoisotopic (exact) mass is 263 g/mol. The van der Waals surface area contributed by atoms with E-state index in [1.807, 2.05) is 0 Å². The highest BCUT2D eigenvalue weighted by molar-refractivity contribution is 6.40. The number of halogens is 3. The molecule has 0 aliphatic rings. The summed E-state index contributed by atoms with van der Waals surface area (Å²) in [7, 11) is 0. The average molecular weight is 265 g/mol. The standard InChI is InChI=1S/C10H6Cl3O2/c11-7-4-9(12)8(10(13)5-7)2-1-3-15-6-14/h1-2,4-5H,3H2/b2-1+. The predicted molar refractivity (Wildman–Crippen MR) is 62.2 cm³/mol. The van der Waals surface area contributed by atoms with E-state index in [-0.39, 0.29) is 6.61 Å². The lowest BCUT2D eigenvalue weighted by molar-refractivity contribution is 0.314. The van der Waals surface area contributed by atoms with Gasteiger partial charge in [0, 0.05) is 10.6 Å². The van der Waals surface area contributed by atoms with E-state index in [4.69, 9.17) is 34.8 Å². The highest BCUT2D eigenvalue weighted by Gasteiger charge is 2.04. The minimum Gasteiger partial charge on any atom is -0.453 e. The van der Waals surface area contributed by atoms with Crippen molar-refractivity contribution < 1.29 is 9.53 Å². The molecule has 0 aromatic heterocycles. The van der Waals surface area contributed by atoms with E-state index < -0.39 is 0 Å². The van der Waals surface area contributed by atoms with Crippen LogP contribution in [0.2, 0.25) is 15.1 Å². The summed E-state index contributed by atoms with van der Waals surface area (Å²) < 4.78 is 4.35. The first-order valence-corrected chi connectivity index (χ1v) is 5.08. The second-order valence-corrected chi connectivity index (χ2v) is 3.83. The van der Waals surface area contributed by atoms with Crippen LogP contribution in [0.15, 0.2) is 18.2 Å². The first-order chi connectivity index (χ1) is 7.15. The van der Waals surface area contributed by atoms with Gasteiger partial charge in [0.2, 0.25) is 0 Å². The molecule has 1 rings (SSSR count). The van der Waals surface area contributed by atoms with Crippen LogP contribution in [0, 0.1) is 0 Å². The fourth-order valence-electron chi connectivity index (χ4n) is 0.961. The molecule has 0 spiro atoms. The Labute approximate surface area is 102 Å². The number of hydrogen-bond acceptors (Lipinski definition) is 2. The van der Waals surface area contributed by atoms with Gasteiger partial charge in [-0.15, -0.1) is 0 Å². The van der Waals surface area contributed by atoms with Crippen molar-refractivity contribution in [3.63, 3.8) is 0 Å². The molecule has 0 aliphatic carbocycles. The first-order valence-electron chi connectivity index (χ1n) is 3.95. The lowest BCUT2D eigenvalue weighted by atomic mass is 10.2. The lowest BCUT2D eigenvalue weighted by Crippen LogP contribution is -1.86. The molecule has 0 N–H and O–H groups in total. The summed E-state index contributed by atoms with van der Waals surface area (Å²) in [5.74, 6) is 0. The quantitative estimate of drug-likeness (QED) is 0.774. The molecule has 5 heteroatoms. The number of ether oxygens (including phenoxy) is 1. The maximum absolute atomic E-state index is 9.74. The zero-order valence-electron chi connectivity index (χ0n) is 7.47. The molecule has 0 amide bonds. The Morgan fingerprint density at radius 3 is 2.40 bits per heavy atom. The van der Waals surface area contributed by atoms with Gasteiger partial charge in [0.1, 0.15) is 6.61 Å². The Balaban J connectivity index is 2.85. The van der Waals surface area contributed by atoms with Crippen molar-refractivity contribution in [1.29, 1.82) is 0 Å². The third-order valence-corrected chi connectivity index (χ3v) is 2.41. The second kappa shape index (κ2) is 6.01. The maximum atomic E-state index is 9.74. The maximum Gasteiger partial charge on any atom is 0.417 e. The van der Waals surface area contributed by atoms with Crippen LogP contribution in [-0.4, -0.2) is 13.1 Å². The van der Waals surface area contributed by atoms with Gasteiger partial charge in [0.25, 0.3) is 0 Å². The Morgan fingerprint density at radius 1 is 1.27 bits per heavy atom. The average Bonchev–Trinajstić information content (AvgIpc) is 2.15. The molecular formula is C10H6Cl3O2. The van der Waals surface area contributed by atoms with Crippen LogP contribution < -0.4 is 0 Å². The van der Waals surface area contributed by atoms with E-state index in [0.717, 1.165) is 0 Å². The molecule has 0 bridgehead atoms. The third-order valence-electron chi connectivity index (χ3n) is 1.57.